The fourth-order valence-electron chi connectivity index (χ4n) is 2.60. The highest BCUT2D eigenvalue weighted by atomic mass is 16.1. The van der Waals surface area contributed by atoms with Gasteiger partial charge in [0.1, 0.15) is 0 Å². The van der Waals surface area contributed by atoms with Gasteiger partial charge in [-0.1, -0.05) is 12.8 Å². The maximum absolute atomic E-state index is 12.0. The van der Waals surface area contributed by atoms with Crippen molar-refractivity contribution in [1.29, 1.82) is 0 Å². The van der Waals surface area contributed by atoms with E-state index in [1.807, 2.05) is 38.0 Å². The van der Waals surface area contributed by atoms with Gasteiger partial charge in [-0.15, -0.1) is 0 Å². The Morgan fingerprint density at radius 3 is 2.09 bits per heavy atom. The first-order valence-electron chi connectivity index (χ1n) is 7.82. The van der Waals surface area contributed by atoms with Crippen LogP contribution in [-0.2, 0) is 11.3 Å². The molecule has 0 bridgehead atoms. The molecule has 0 atom stereocenters. The molecule has 0 aliphatic heterocycles. The van der Waals surface area contributed by atoms with E-state index in [9.17, 15) is 4.79 Å². The van der Waals surface area contributed by atoms with Crippen LogP contribution in [0, 0.1) is 5.92 Å². The van der Waals surface area contributed by atoms with Crippen LogP contribution in [0.15, 0.2) is 0 Å². The zero-order valence-corrected chi connectivity index (χ0v) is 14.0. The molecule has 1 aromatic heterocycles. The summed E-state index contributed by atoms with van der Waals surface area (Å²) in [5.74, 6) is 2.41. The van der Waals surface area contributed by atoms with Gasteiger partial charge in [0, 0.05) is 34.6 Å². The Bertz CT molecular complexity index is 485. The van der Waals surface area contributed by atoms with Crippen molar-refractivity contribution in [2.45, 2.75) is 38.6 Å². The molecule has 1 aliphatic rings. The van der Waals surface area contributed by atoms with E-state index in [0.29, 0.717) is 36.6 Å². The van der Waals surface area contributed by atoms with Crippen LogP contribution in [0.5, 0.6) is 0 Å². The molecular formula is C15H26N6O. The topological polar surface area (TPSA) is 74.2 Å². The Labute approximate surface area is 132 Å². The second kappa shape index (κ2) is 7.38. The van der Waals surface area contributed by atoms with Crippen molar-refractivity contribution in [3.8, 4) is 0 Å². The van der Waals surface area contributed by atoms with Gasteiger partial charge in [0.2, 0.25) is 17.8 Å². The first-order chi connectivity index (χ1) is 10.5. The summed E-state index contributed by atoms with van der Waals surface area (Å²) in [4.78, 5) is 28.8. The molecule has 1 amide bonds. The van der Waals surface area contributed by atoms with E-state index >= 15 is 0 Å². The number of carbonyl (C=O) groups excluding carboxylic acids is 1. The molecule has 7 heteroatoms. The minimum absolute atomic E-state index is 0.0881. The average Bonchev–Trinajstić information content (AvgIpc) is 2.97. The van der Waals surface area contributed by atoms with Gasteiger partial charge in [-0.3, -0.25) is 4.79 Å². The molecule has 1 saturated carbocycles. The van der Waals surface area contributed by atoms with Crippen molar-refractivity contribution in [3.63, 3.8) is 0 Å². The molecule has 0 aromatic carbocycles. The number of amides is 1. The van der Waals surface area contributed by atoms with Crippen LogP contribution >= 0.6 is 0 Å². The summed E-state index contributed by atoms with van der Waals surface area (Å²) < 4.78 is 0. The lowest BCUT2D eigenvalue weighted by Gasteiger charge is -2.16. The third-order valence-electron chi connectivity index (χ3n) is 3.85. The zero-order chi connectivity index (χ0) is 16.1. The van der Waals surface area contributed by atoms with Crippen LogP contribution in [0.3, 0.4) is 0 Å². The first kappa shape index (κ1) is 16.5. The van der Waals surface area contributed by atoms with Crippen molar-refractivity contribution < 1.29 is 4.79 Å². The summed E-state index contributed by atoms with van der Waals surface area (Å²) in [6, 6.07) is 0. The van der Waals surface area contributed by atoms with Gasteiger partial charge in [0.25, 0.3) is 0 Å². The van der Waals surface area contributed by atoms with Crippen molar-refractivity contribution in [3.05, 3.63) is 5.82 Å². The Hall–Kier alpha value is -1.92. The summed E-state index contributed by atoms with van der Waals surface area (Å²) in [6.07, 6.45) is 5.48. The van der Waals surface area contributed by atoms with E-state index < -0.39 is 0 Å². The molecule has 0 unspecified atom stereocenters. The summed E-state index contributed by atoms with van der Waals surface area (Å²) in [5, 5.41) is 2.93. The minimum atomic E-state index is 0.0881. The highest BCUT2D eigenvalue weighted by molar-refractivity contribution is 5.76. The van der Waals surface area contributed by atoms with Gasteiger partial charge in [-0.25, -0.2) is 0 Å². The predicted molar refractivity (Wildman–Crippen MR) is 86.9 cm³/mol. The summed E-state index contributed by atoms with van der Waals surface area (Å²) in [7, 11) is 7.54. The number of carbonyl (C=O) groups is 1. The highest BCUT2D eigenvalue weighted by Gasteiger charge is 2.18. The second-order valence-corrected chi connectivity index (χ2v) is 6.27. The molecule has 1 fully saturated rings. The SMILES string of the molecule is CN(C)c1nc(CNC(=O)CC2CCCC2)nc(N(C)C)n1. The van der Waals surface area contributed by atoms with Crippen LogP contribution in [0.4, 0.5) is 11.9 Å². The third-order valence-corrected chi connectivity index (χ3v) is 3.85. The third kappa shape index (κ3) is 4.54. The van der Waals surface area contributed by atoms with Crippen molar-refractivity contribution in [2.75, 3.05) is 38.0 Å². The molecule has 0 saturated heterocycles. The number of anilines is 2. The molecule has 1 aromatic rings. The molecule has 1 aliphatic carbocycles. The van der Waals surface area contributed by atoms with Gasteiger partial charge in [0.05, 0.1) is 6.54 Å². The Balaban J connectivity index is 1.97. The van der Waals surface area contributed by atoms with Crippen LogP contribution in [-0.4, -0.2) is 49.0 Å². The summed E-state index contributed by atoms with van der Waals surface area (Å²) >= 11 is 0. The largest absolute Gasteiger partial charge is 0.349 e. The van der Waals surface area contributed by atoms with Gasteiger partial charge >= 0.3 is 0 Å². The predicted octanol–water partition coefficient (Wildman–Crippen LogP) is 1.20. The lowest BCUT2D eigenvalue weighted by atomic mass is 10.0. The molecule has 1 N–H and O–H groups in total. The summed E-state index contributed by atoms with van der Waals surface area (Å²) in [5.41, 5.74) is 0. The molecule has 0 spiro atoms. The minimum Gasteiger partial charge on any atom is -0.349 e. The fourth-order valence-corrected chi connectivity index (χ4v) is 2.60. The second-order valence-electron chi connectivity index (χ2n) is 6.27. The molecule has 2 rings (SSSR count). The van der Waals surface area contributed by atoms with Gasteiger partial charge in [-0.2, -0.15) is 15.0 Å². The van der Waals surface area contributed by atoms with E-state index in [4.69, 9.17) is 0 Å². The van der Waals surface area contributed by atoms with Crippen LogP contribution in [0.25, 0.3) is 0 Å². The highest BCUT2D eigenvalue weighted by Crippen LogP contribution is 2.27. The standard InChI is InChI=1S/C15H26N6O/c1-20(2)14-17-12(18-15(19-14)21(3)4)10-16-13(22)9-11-7-5-6-8-11/h11H,5-10H2,1-4H3,(H,16,22). The van der Waals surface area contributed by atoms with Gasteiger partial charge in [0.15, 0.2) is 5.82 Å². The average molecular weight is 306 g/mol. The lowest BCUT2D eigenvalue weighted by molar-refractivity contribution is -0.122. The van der Waals surface area contributed by atoms with Gasteiger partial charge < -0.3 is 15.1 Å². The monoisotopic (exact) mass is 306 g/mol. The van der Waals surface area contributed by atoms with E-state index in [-0.39, 0.29) is 5.91 Å². The first-order valence-corrected chi connectivity index (χ1v) is 7.82. The maximum atomic E-state index is 12.0. The number of hydrogen-bond donors (Lipinski definition) is 1. The number of rotatable bonds is 6. The Kier molecular flexibility index (Phi) is 5.51. The van der Waals surface area contributed by atoms with Gasteiger partial charge in [-0.05, 0) is 18.8 Å². The quantitative estimate of drug-likeness (QED) is 0.851. The molecule has 22 heavy (non-hydrogen) atoms. The number of nitrogens with zero attached hydrogens (tertiary/aromatic N) is 5. The molecule has 0 radical (unpaired) electrons. The van der Waals surface area contributed by atoms with Crippen LogP contribution in [0.2, 0.25) is 0 Å². The normalized spacial score (nSPS) is 14.9. The van der Waals surface area contributed by atoms with Crippen molar-refractivity contribution in [2.24, 2.45) is 5.92 Å². The Morgan fingerprint density at radius 1 is 1.05 bits per heavy atom. The smallest absolute Gasteiger partial charge is 0.229 e. The van der Waals surface area contributed by atoms with E-state index in [1.165, 1.54) is 25.7 Å². The number of hydrogen-bond acceptors (Lipinski definition) is 6. The van der Waals surface area contributed by atoms with Crippen molar-refractivity contribution in [1.82, 2.24) is 20.3 Å². The molecule has 7 nitrogen and oxygen atoms in total. The lowest BCUT2D eigenvalue weighted by Crippen LogP contribution is -2.27. The van der Waals surface area contributed by atoms with E-state index in [1.54, 1.807) is 0 Å². The van der Waals surface area contributed by atoms with E-state index in [0.717, 1.165) is 0 Å². The molecule has 1 heterocycles. The number of aromatic nitrogens is 3. The summed E-state index contributed by atoms with van der Waals surface area (Å²) in [6.45, 7) is 0.343. The number of nitrogens with one attached hydrogen (secondary N) is 1. The van der Waals surface area contributed by atoms with Crippen LogP contribution in [0.1, 0.15) is 37.9 Å². The van der Waals surface area contributed by atoms with Crippen LogP contribution < -0.4 is 15.1 Å². The van der Waals surface area contributed by atoms with E-state index in [2.05, 4.69) is 20.3 Å². The zero-order valence-electron chi connectivity index (χ0n) is 14.0. The van der Waals surface area contributed by atoms with Crippen molar-refractivity contribution >= 4 is 17.8 Å². The fraction of sp³-hybridized carbons (Fsp3) is 0.733. The maximum Gasteiger partial charge on any atom is 0.229 e. The molecular weight excluding hydrogens is 280 g/mol. The molecule has 122 valence electrons. The Morgan fingerprint density at radius 2 is 1.59 bits per heavy atom.